The van der Waals surface area contributed by atoms with Crippen LogP contribution < -0.4 is 11.5 Å². The molecule has 0 aromatic rings. The summed E-state index contributed by atoms with van der Waals surface area (Å²) in [5.74, 6) is -0.282. The lowest BCUT2D eigenvalue weighted by Crippen LogP contribution is -2.56. The van der Waals surface area contributed by atoms with Gasteiger partial charge in [-0.1, -0.05) is 25.5 Å². The van der Waals surface area contributed by atoms with Crippen LogP contribution >= 0.6 is 0 Å². The number of primary amides is 1. The number of allylic oxidation sites excluding steroid dienone is 1. The Balaban J connectivity index is 4.36. The first kappa shape index (κ1) is 11.8. The lowest BCUT2D eigenvalue weighted by molar-refractivity contribution is -0.304. The summed E-state index contributed by atoms with van der Waals surface area (Å²) < 4.78 is 0. The largest absolute Gasteiger partial charge is 0.369 e. The van der Waals surface area contributed by atoms with E-state index in [1.165, 1.54) is 0 Å². The molecule has 0 radical (unpaired) electrons. The summed E-state index contributed by atoms with van der Waals surface area (Å²) in [5.41, 5.74) is 9.06. The van der Waals surface area contributed by atoms with E-state index in [0.717, 1.165) is 5.57 Å². The smallest absolute Gasteiger partial charge is 0.312 e. The molecule has 0 bridgehead atoms. The van der Waals surface area contributed by atoms with E-state index in [4.69, 9.17) is 5.73 Å². The van der Waals surface area contributed by atoms with Crippen molar-refractivity contribution in [3.63, 3.8) is 0 Å². The van der Waals surface area contributed by atoms with Gasteiger partial charge in [0.05, 0.1) is 6.42 Å². The standard InChI is InChI=1S/C9H16N2O2/c1-6(2)3-7(4-8(10)12)5-9(11)13/h3,6H,4-5H2,1-2H3,(H2,10,12)(H2,11,13)/p+1. The van der Waals surface area contributed by atoms with Gasteiger partial charge in [0.2, 0.25) is 5.91 Å². The average Bonchev–Trinajstić information content (AvgIpc) is 1.80. The van der Waals surface area contributed by atoms with Crippen molar-refractivity contribution < 1.29 is 15.3 Å². The van der Waals surface area contributed by atoms with Crippen LogP contribution in [-0.4, -0.2) is 11.8 Å². The second-order valence-electron chi connectivity index (χ2n) is 3.43. The van der Waals surface area contributed by atoms with Crippen LogP contribution in [0.3, 0.4) is 0 Å². The van der Waals surface area contributed by atoms with Gasteiger partial charge in [-0.2, -0.15) is 0 Å². The Morgan fingerprint density at radius 2 is 1.92 bits per heavy atom. The van der Waals surface area contributed by atoms with Crippen LogP contribution in [0.4, 0.5) is 0 Å². The van der Waals surface area contributed by atoms with Gasteiger partial charge < -0.3 is 5.73 Å². The molecular weight excluding hydrogens is 168 g/mol. The molecule has 0 saturated heterocycles. The molecular formula is C9H17N2O2+. The molecule has 74 valence electrons. The van der Waals surface area contributed by atoms with E-state index < -0.39 is 5.91 Å². The number of hydrogen-bond donors (Lipinski definition) is 2. The third-order valence-corrected chi connectivity index (χ3v) is 1.39. The first-order valence-electron chi connectivity index (χ1n) is 4.24. The van der Waals surface area contributed by atoms with Gasteiger partial charge >= 0.3 is 5.91 Å². The maximum Gasteiger partial charge on any atom is 0.312 e. The molecule has 0 aliphatic rings. The summed E-state index contributed by atoms with van der Waals surface area (Å²) in [4.78, 5) is 21.3. The van der Waals surface area contributed by atoms with Crippen LogP contribution in [0.5, 0.6) is 0 Å². The number of rotatable bonds is 5. The van der Waals surface area contributed by atoms with Gasteiger partial charge in [0.1, 0.15) is 0 Å². The second kappa shape index (κ2) is 5.48. The molecule has 13 heavy (non-hydrogen) atoms. The molecule has 2 amide bonds. The fraction of sp³-hybridized carbons (Fsp3) is 0.556. The Morgan fingerprint density at radius 3 is 2.23 bits per heavy atom. The Hall–Kier alpha value is -1.16. The molecule has 0 aromatic heterocycles. The van der Waals surface area contributed by atoms with Gasteiger partial charge in [0.15, 0.2) is 0 Å². The molecule has 0 spiro atoms. The highest BCUT2D eigenvalue weighted by atomic mass is 16.1. The van der Waals surface area contributed by atoms with Gasteiger partial charge in [0, 0.05) is 6.42 Å². The minimum absolute atomic E-state index is 0.152. The zero-order valence-corrected chi connectivity index (χ0v) is 8.17. The van der Waals surface area contributed by atoms with Gasteiger partial charge in [-0.3, -0.25) is 10.5 Å². The Labute approximate surface area is 78.0 Å². The van der Waals surface area contributed by atoms with E-state index in [1.807, 2.05) is 19.9 Å². The molecule has 4 heteroatoms. The third kappa shape index (κ3) is 7.21. The van der Waals surface area contributed by atoms with Crippen LogP contribution in [0.2, 0.25) is 0 Å². The topological polar surface area (TPSA) is 87.8 Å². The van der Waals surface area contributed by atoms with Gasteiger partial charge in [-0.15, -0.1) is 0 Å². The number of carbonyl (C=O) groups excluding carboxylic acids is 2. The van der Waals surface area contributed by atoms with Crippen molar-refractivity contribution in [1.29, 1.82) is 0 Å². The zero-order chi connectivity index (χ0) is 10.4. The second-order valence-corrected chi connectivity index (χ2v) is 3.43. The molecule has 4 nitrogen and oxygen atoms in total. The Kier molecular flexibility index (Phi) is 4.99. The summed E-state index contributed by atoms with van der Waals surface area (Å²) in [6, 6.07) is 0. The molecule has 0 rings (SSSR count). The molecule has 0 heterocycles. The summed E-state index contributed by atoms with van der Waals surface area (Å²) in [6.45, 7) is 3.96. The number of carbonyl (C=O) groups is 2. The summed E-state index contributed by atoms with van der Waals surface area (Å²) in [7, 11) is 0. The lowest BCUT2D eigenvalue weighted by atomic mass is 10.0. The van der Waals surface area contributed by atoms with E-state index in [-0.39, 0.29) is 18.7 Å². The fourth-order valence-corrected chi connectivity index (χ4v) is 1.13. The van der Waals surface area contributed by atoms with Crippen molar-refractivity contribution >= 4 is 11.8 Å². The van der Waals surface area contributed by atoms with Crippen LogP contribution in [-0.2, 0) is 9.59 Å². The lowest BCUT2D eigenvalue weighted by Gasteiger charge is -2.03. The monoisotopic (exact) mass is 185 g/mol. The molecule has 0 aliphatic carbocycles. The Bertz CT molecular complexity index is 214. The normalized spacial score (nSPS) is 11.8. The summed E-state index contributed by atoms with van der Waals surface area (Å²) >= 11 is 0. The van der Waals surface area contributed by atoms with Crippen molar-refractivity contribution in [3.8, 4) is 0 Å². The van der Waals surface area contributed by atoms with Crippen LogP contribution in [0, 0.1) is 5.92 Å². The zero-order valence-electron chi connectivity index (χ0n) is 8.17. The van der Waals surface area contributed by atoms with Crippen LogP contribution in [0.1, 0.15) is 26.7 Å². The molecule has 5 N–H and O–H groups in total. The average molecular weight is 185 g/mol. The van der Waals surface area contributed by atoms with E-state index >= 15 is 0 Å². The van der Waals surface area contributed by atoms with Crippen molar-refractivity contribution in [3.05, 3.63) is 11.6 Å². The maximum absolute atomic E-state index is 10.7. The van der Waals surface area contributed by atoms with E-state index in [0.29, 0.717) is 5.92 Å². The maximum atomic E-state index is 10.7. The number of hydrogen-bond acceptors (Lipinski definition) is 2. The van der Waals surface area contributed by atoms with Crippen LogP contribution in [0.25, 0.3) is 0 Å². The molecule has 0 saturated carbocycles. The van der Waals surface area contributed by atoms with E-state index in [1.54, 1.807) is 0 Å². The van der Waals surface area contributed by atoms with E-state index in [9.17, 15) is 9.59 Å². The summed E-state index contributed by atoms with van der Waals surface area (Å²) in [6.07, 6.45) is 2.26. The molecule has 0 unspecified atom stereocenters. The SMILES string of the molecule is CC(C)C=C(CC(N)=O)CC([NH3+])=O. The van der Waals surface area contributed by atoms with Crippen molar-refractivity contribution in [2.75, 3.05) is 0 Å². The van der Waals surface area contributed by atoms with Crippen molar-refractivity contribution in [2.24, 2.45) is 11.7 Å². The number of nitrogens with two attached hydrogens (primary N) is 1. The number of amides is 2. The van der Waals surface area contributed by atoms with Crippen LogP contribution in [0.15, 0.2) is 11.6 Å². The molecule has 0 fully saturated rings. The highest BCUT2D eigenvalue weighted by molar-refractivity contribution is 5.78. The highest BCUT2D eigenvalue weighted by Gasteiger charge is 2.08. The molecule has 0 aliphatic heterocycles. The first-order valence-corrected chi connectivity index (χ1v) is 4.24. The van der Waals surface area contributed by atoms with Gasteiger partial charge in [-0.05, 0) is 5.92 Å². The first-order chi connectivity index (χ1) is 5.91. The van der Waals surface area contributed by atoms with Gasteiger partial charge in [-0.25, -0.2) is 4.79 Å². The highest BCUT2D eigenvalue weighted by Crippen LogP contribution is 2.09. The minimum atomic E-state index is -0.409. The summed E-state index contributed by atoms with van der Waals surface area (Å²) in [5, 5.41) is 0. The Morgan fingerprint density at radius 1 is 1.38 bits per heavy atom. The predicted molar refractivity (Wildman–Crippen MR) is 49.2 cm³/mol. The van der Waals surface area contributed by atoms with E-state index in [2.05, 4.69) is 5.73 Å². The predicted octanol–water partition coefficient (Wildman–Crippen LogP) is -0.397. The van der Waals surface area contributed by atoms with Gasteiger partial charge in [0.25, 0.3) is 0 Å². The number of quaternary nitrogens is 1. The van der Waals surface area contributed by atoms with Crippen molar-refractivity contribution in [2.45, 2.75) is 26.7 Å². The van der Waals surface area contributed by atoms with Crippen molar-refractivity contribution in [1.82, 2.24) is 0 Å². The molecule has 0 aromatic carbocycles. The molecule has 0 atom stereocenters. The minimum Gasteiger partial charge on any atom is -0.369 e. The fourth-order valence-electron chi connectivity index (χ4n) is 1.13. The quantitative estimate of drug-likeness (QED) is 0.571. The third-order valence-electron chi connectivity index (χ3n) is 1.39.